The highest BCUT2D eigenvalue weighted by molar-refractivity contribution is 7.99. The van der Waals surface area contributed by atoms with Gasteiger partial charge in [0.25, 0.3) is 0 Å². The summed E-state index contributed by atoms with van der Waals surface area (Å²) in [4.78, 5) is 14.7. The van der Waals surface area contributed by atoms with Crippen molar-refractivity contribution in [3.63, 3.8) is 0 Å². The van der Waals surface area contributed by atoms with E-state index in [1.807, 2.05) is 43.0 Å². The van der Waals surface area contributed by atoms with Crippen LogP contribution in [0.1, 0.15) is 18.1 Å². The number of nitrogens with zero attached hydrogens (tertiary/aromatic N) is 1. The van der Waals surface area contributed by atoms with Crippen LogP contribution in [0.5, 0.6) is 0 Å². The first-order valence-electron chi connectivity index (χ1n) is 9.38. The summed E-state index contributed by atoms with van der Waals surface area (Å²) in [6, 6.07) is 15.9. The average molecular weight is 386 g/mol. The third kappa shape index (κ3) is 5.91. The molecule has 1 aliphatic heterocycles. The zero-order chi connectivity index (χ0) is 18.9. The maximum absolute atomic E-state index is 12.3. The van der Waals surface area contributed by atoms with Crippen molar-refractivity contribution in [3.8, 4) is 0 Å². The molecule has 5 nitrogen and oxygen atoms in total. The molecule has 1 saturated heterocycles. The van der Waals surface area contributed by atoms with E-state index in [1.54, 1.807) is 0 Å². The van der Waals surface area contributed by atoms with E-state index in [2.05, 4.69) is 39.8 Å². The summed E-state index contributed by atoms with van der Waals surface area (Å²) in [5, 5.41) is 5.83. The number of carbonyl (C=O) groups is 1. The largest absolute Gasteiger partial charge is 0.377 e. The molecule has 0 bridgehead atoms. The molecule has 0 spiro atoms. The van der Waals surface area contributed by atoms with Crippen LogP contribution in [-0.4, -0.2) is 37.2 Å². The van der Waals surface area contributed by atoms with E-state index < -0.39 is 0 Å². The van der Waals surface area contributed by atoms with Crippen LogP contribution in [0, 0.1) is 0 Å². The maximum atomic E-state index is 12.3. The van der Waals surface area contributed by atoms with Crippen LogP contribution in [0.15, 0.2) is 48.5 Å². The van der Waals surface area contributed by atoms with Gasteiger partial charge in [-0.1, -0.05) is 30.3 Å². The highest BCUT2D eigenvalue weighted by Crippen LogP contribution is 2.20. The van der Waals surface area contributed by atoms with Gasteiger partial charge in [-0.3, -0.25) is 0 Å². The van der Waals surface area contributed by atoms with Crippen molar-refractivity contribution in [3.05, 3.63) is 59.7 Å². The molecular formula is C21H27N3O2S. The Morgan fingerprint density at radius 2 is 1.85 bits per heavy atom. The first-order chi connectivity index (χ1) is 13.3. The fourth-order valence-electron chi connectivity index (χ4n) is 2.98. The van der Waals surface area contributed by atoms with Crippen LogP contribution in [0.3, 0.4) is 0 Å². The highest BCUT2D eigenvalue weighted by Gasteiger charge is 2.11. The summed E-state index contributed by atoms with van der Waals surface area (Å²) in [6.07, 6.45) is 0. The van der Waals surface area contributed by atoms with Gasteiger partial charge in [0, 0.05) is 54.7 Å². The number of urea groups is 1. The van der Waals surface area contributed by atoms with Crippen LogP contribution in [0.4, 0.5) is 16.2 Å². The minimum Gasteiger partial charge on any atom is -0.377 e. The van der Waals surface area contributed by atoms with E-state index in [0.29, 0.717) is 19.8 Å². The molecule has 27 heavy (non-hydrogen) atoms. The number of hydrogen-bond acceptors (Lipinski definition) is 4. The fraction of sp³-hybridized carbons (Fsp3) is 0.381. The van der Waals surface area contributed by atoms with Gasteiger partial charge in [-0.2, -0.15) is 11.8 Å². The second-order valence-electron chi connectivity index (χ2n) is 6.37. The number of thioether (sulfide) groups is 1. The van der Waals surface area contributed by atoms with Gasteiger partial charge in [0.2, 0.25) is 0 Å². The van der Waals surface area contributed by atoms with Crippen molar-refractivity contribution in [1.82, 2.24) is 5.32 Å². The second kappa shape index (κ2) is 10.2. The van der Waals surface area contributed by atoms with E-state index in [-0.39, 0.29) is 6.03 Å². The number of para-hydroxylation sites is 1. The predicted octanol–water partition coefficient (Wildman–Crippen LogP) is 4.10. The van der Waals surface area contributed by atoms with Crippen LogP contribution in [-0.2, 0) is 17.9 Å². The smallest absolute Gasteiger partial charge is 0.319 e. The number of hydrogen-bond donors (Lipinski definition) is 2. The van der Waals surface area contributed by atoms with E-state index >= 15 is 0 Å². The molecular weight excluding hydrogens is 358 g/mol. The standard InChI is InChI=1S/C21H27N3O2S/c1-2-26-16-18-5-3-4-6-20(18)23-21(25)22-15-17-7-9-19(10-8-17)24-11-13-27-14-12-24/h3-10H,2,11-16H2,1H3,(H2,22,23,25). The first kappa shape index (κ1) is 19.6. The third-order valence-electron chi connectivity index (χ3n) is 4.49. The van der Waals surface area contributed by atoms with E-state index in [0.717, 1.165) is 29.9 Å². The molecule has 0 aliphatic carbocycles. The molecule has 1 fully saturated rings. The number of amides is 2. The summed E-state index contributed by atoms with van der Waals surface area (Å²) in [7, 11) is 0. The van der Waals surface area contributed by atoms with Crippen molar-refractivity contribution in [2.24, 2.45) is 0 Å². The van der Waals surface area contributed by atoms with Crippen molar-refractivity contribution in [1.29, 1.82) is 0 Å². The lowest BCUT2D eigenvalue weighted by atomic mass is 10.2. The molecule has 0 atom stereocenters. The van der Waals surface area contributed by atoms with Crippen LogP contribution >= 0.6 is 11.8 Å². The van der Waals surface area contributed by atoms with Gasteiger partial charge >= 0.3 is 6.03 Å². The van der Waals surface area contributed by atoms with Gasteiger partial charge in [0.1, 0.15) is 0 Å². The Hall–Kier alpha value is -2.18. The van der Waals surface area contributed by atoms with Gasteiger partial charge < -0.3 is 20.3 Å². The first-order valence-corrected chi connectivity index (χ1v) is 10.5. The van der Waals surface area contributed by atoms with E-state index in [1.165, 1.54) is 17.2 Å². The number of ether oxygens (including phenoxy) is 1. The Labute approximate surface area is 165 Å². The Balaban J connectivity index is 1.50. The molecule has 2 aromatic rings. The summed E-state index contributed by atoms with van der Waals surface area (Å²) in [5.74, 6) is 2.38. The number of benzene rings is 2. The highest BCUT2D eigenvalue weighted by atomic mass is 32.2. The Kier molecular flexibility index (Phi) is 7.42. The molecule has 0 unspecified atom stereocenters. The van der Waals surface area contributed by atoms with Crippen LogP contribution in [0.2, 0.25) is 0 Å². The SMILES string of the molecule is CCOCc1ccccc1NC(=O)NCc1ccc(N2CCSCC2)cc1. The minimum absolute atomic E-state index is 0.212. The molecule has 2 N–H and O–H groups in total. The number of rotatable bonds is 7. The number of nitrogens with one attached hydrogen (secondary N) is 2. The molecule has 0 aromatic heterocycles. The average Bonchev–Trinajstić information content (AvgIpc) is 2.73. The van der Waals surface area contributed by atoms with E-state index in [4.69, 9.17) is 4.74 Å². The molecule has 144 valence electrons. The topological polar surface area (TPSA) is 53.6 Å². The zero-order valence-corrected chi connectivity index (χ0v) is 16.6. The summed E-state index contributed by atoms with van der Waals surface area (Å²) in [5.41, 5.74) is 4.09. The predicted molar refractivity (Wildman–Crippen MR) is 114 cm³/mol. The van der Waals surface area contributed by atoms with Gasteiger partial charge in [-0.25, -0.2) is 4.79 Å². The van der Waals surface area contributed by atoms with Crippen molar-refractivity contribution < 1.29 is 9.53 Å². The lowest BCUT2D eigenvalue weighted by Gasteiger charge is -2.28. The lowest BCUT2D eigenvalue weighted by molar-refractivity contribution is 0.134. The summed E-state index contributed by atoms with van der Waals surface area (Å²) < 4.78 is 5.46. The minimum atomic E-state index is -0.212. The van der Waals surface area contributed by atoms with Crippen LogP contribution < -0.4 is 15.5 Å². The third-order valence-corrected chi connectivity index (χ3v) is 5.44. The quantitative estimate of drug-likeness (QED) is 0.753. The van der Waals surface area contributed by atoms with Gasteiger partial charge in [-0.15, -0.1) is 0 Å². The number of anilines is 2. The monoisotopic (exact) mass is 385 g/mol. The molecule has 6 heteroatoms. The molecule has 0 radical (unpaired) electrons. The van der Waals surface area contributed by atoms with Gasteiger partial charge in [-0.05, 0) is 30.7 Å². The summed E-state index contributed by atoms with van der Waals surface area (Å²) in [6.45, 7) is 5.79. The van der Waals surface area contributed by atoms with Crippen molar-refractivity contribution in [2.75, 3.05) is 41.4 Å². The summed E-state index contributed by atoms with van der Waals surface area (Å²) >= 11 is 2.01. The molecule has 2 aromatic carbocycles. The van der Waals surface area contributed by atoms with E-state index in [9.17, 15) is 4.79 Å². The van der Waals surface area contributed by atoms with Gasteiger partial charge in [0.15, 0.2) is 0 Å². The fourth-order valence-corrected chi connectivity index (χ4v) is 3.88. The maximum Gasteiger partial charge on any atom is 0.319 e. The zero-order valence-electron chi connectivity index (χ0n) is 15.7. The van der Waals surface area contributed by atoms with Gasteiger partial charge in [0.05, 0.1) is 6.61 Å². The lowest BCUT2D eigenvalue weighted by Crippen LogP contribution is -2.32. The van der Waals surface area contributed by atoms with Crippen molar-refractivity contribution in [2.45, 2.75) is 20.1 Å². The normalized spacial score (nSPS) is 14.0. The molecule has 2 amide bonds. The molecule has 1 heterocycles. The van der Waals surface area contributed by atoms with Crippen molar-refractivity contribution >= 4 is 29.2 Å². The Morgan fingerprint density at radius 1 is 1.11 bits per heavy atom. The molecule has 0 saturated carbocycles. The number of carbonyl (C=O) groups excluding carboxylic acids is 1. The Morgan fingerprint density at radius 3 is 2.59 bits per heavy atom. The second-order valence-corrected chi connectivity index (χ2v) is 7.59. The molecule has 1 aliphatic rings. The molecule has 3 rings (SSSR count). The Bertz CT molecular complexity index is 730. The van der Waals surface area contributed by atoms with Crippen LogP contribution in [0.25, 0.3) is 0 Å².